The number of carboxylic acid groups (broad SMARTS) is 1. The van der Waals surface area contributed by atoms with Gasteiger partial charge in [0.15, 0.2) is 0 Å². The number of aliphatic hydroxyl groups excluding tert-OH is 1. The third-order valence-corrected chi connectivity index (χ3v) is 1.42. The third-order valence-electron chi connectivity index (χ3n) is 1.42. The minimum absolute atomic E-state index is 0.697. The first-order chi connectivity index (χ1) is 5.74. The third kappa shape index (κ3) is 5.42. The van der Waals surface area contributed by atoms with E-state index in [2.05, 4.69) is 0 Å². The SMILES string of the molecule is N[C@H](C(=O)O)[C@H](O)CCC(F)(F)F. The standard InChI is InChI=1S/C6H10F3NO3/c7-6(8,9)2-1-3(11)4(10)5(12)13/h3-4,11H,1-2,10H2,(H,12,13)/t3-,4+/m1/s1. The highest BCUT2D eigenvalue weighted by molar-refractivity contribution is 5.73. The Morgan fingerprint density at radius 2 is 1.92 bits per heavy atom. The Bertz CT molecular complexity index is 182. The summed E-state index contributed by atoms with van der Waals surface area (Å²) < 4.78 is 34.7. The summed E-state index contributed by atoms with van der Waals surface area (Å²) >= 11 is 0. The molecule has 4 nitrogen and oxygen atoms in total. The first-order valence-electron chi connectivity index (χ1n) is 3.47. The Morgan fingerprint density at radius 3 is 2.23 bits per heavy atom. The lowest BCUT2D eigenvalue weighted by molar-refractivity contribution is -0.148. The van der Waals surface area contributed by atoms with E-state index in [1.807, 2.05) is 0 Å². The van der Waals surface area contributed by atoms with Crippen LogP contribution in [0.3, 0.4) is 0 Å². The summed E-state index contributed by atoms with van der Waals surface area (Å²) in [5, 5.41) is 17.1. The van der Waals surface area contributed by atoms with Crippen molar-refractivity contribution in [2.75, 3.05) is 0 Å². The highest BCUT2D eigenvalue weighted by atomic mass is 19.4. The molecular weight excluding hydrogens is 191 g/mol. The van der Waals surface area contributed by atoms with Gasteiger partial charge in [-0.1, -0.05) is 0 Å². The Balaban J connectivity index is 3.88. The van der Waals surface area contributed by atoms with Crippen LogP contribution in [-0.4, -0.2) is 34.5 Å². The number of rotatable bonds is 4. The molecule has 0 saturated heterocycles. The molecule has 0 spiro atoms. The van der Waals surface area contributed by atoms with Gasteiger partial charge in [-0.05, 0) is 6.42 Å². The first-order valence-corrected chi connectivity index (χ1v) is 3.47. The van der Waals surface area contributed by atoms with Gasteiger partial charge in [0, 0.05) is 6.42 Å². The quantitative estimate of drug-likeness (QED) is 0.602. The van der Waals surface area contributed by atoms with Gasteiger partial charge in [0.05, 0.1) is 6.10 Å². The molecule has 0 fully saturated rings. The predicted octanol–water partition coefficient (Wildman–Crippen LogP) is 0.102. The molecule has 0 aliphatic carbocycles. The highest BCUT2D eigenvalue weighted by Gasteiger charge is 2.31. The summed E-state index contributed by atoms with van der Waals surface area (Å²) in [7, 11) is 0. The molecule has 78 valence electrons. The van der Waals surface area contributed by atoms with Gasteiger partial charge in [-0.15, -0.1) is 0 Å². The van der Waals surface area contributed by atoms with Gasteiger partial charge in [0.25, 0.3) is 0 Å². The molecule has 0 aliphatic heterocycles. The fraction of sp³-hybridized carbons (Fsp3) is 0.833. The van der Waals surface area contributed by atoms with Crippen molar-refractivity contribution >= 4 is 5.97 Å². The molecule has 2 atom stereocenters. The van der Waals surface area contributed by atoms with Crippen LogP contribution < -0.4 is 5.73 Å². The minimum atomic E-state index is -4.40. The number of hydrogen-bond acceptors (Lipinski definition) is 3. The van der Waals surface area contributed by atoms with E-state index < -0.39 is 37.1 Å². The maximum atomic E-state index is 11.6. The Kier molecular flexibility index (Phi) is 4.15. The van der Waals surface area contributed by atoms with Crippen molar-refractivity contribution in [2.45, 2.75) is 31.2 Å². The first kappa shape index (κ1) is 12.2. The smallest absolute Gasteiger partial charge is 0.389 e. The zero-order valence-corrected chi connectivity index (χ0v) is 6.58. The van der Waals surface area contributed by atoms with E-state index in [-0.39, 0.29) is 0 Å². The van der Waals surface area contributed by atoms with Crippen molar-refractivity contribution < 1.29 is 28.2 Å². The molecular formula is C6H10F3NO3. The van der Waals surface area contributed by atoms with E-state index in [1.54, 1.807) is 0 Å². The molecule has 0 saturated carbocycles. The summed E-state index contributed by atoms with van der Waals surface area (Å²) in [6.45, 7) is 0. The number of carbonyl (C=O) groups is 1. The summed E-state index contributed by atoms with van der Waals surface area (Å²) in [6, 6.07) is -1.66. The second-order valence-corrected chi connectivity index (χ2v) is 2.59. The molecule has 0 aromatic heterocycles. The molecule has 13 heavy (non-hydrogen) atoms. The highest BCUT2D eigenvalue weighted by Crippen LogP contribution is 2.22. The number of carboxylic acids is 1. The number of alkyl halides is 3. The molecule has 0 unspecified atom stereocenters. The average Bonchev–Trinajstić information content (AvgIpc) is 1.97. The van der Waals surface area contributed by atoms with Gasteiger partial charge in [-0.2, -0.15) is 13.2 Å². The molecule has 0 rings (SSSR count). The molecule has 0 amide bonds. The summed E-state index contributed by atoms with van der Waals surface area (Å²) in [5.74, 6) is -1.52. The molecule has 0 radical (unpaired) electrons. The van der Waals surface area contributed by atoms with Crippen molar-refractivity contribution in [2.24, 2.45) is 5.73 Å². The van der Waals surface area contributed by atoms with E-state index in [0.29, 0.717) is 0 Å². The Labute approximate surface area is 72.2 Å². The molecule has 0 aromatic carbocycles. The molecule has 0 heterocycles. The van der Waals surface area contributed by atoms with Crippen LogP contribution in [0.5, 0.6) is 0 Å². The van der Waals surface area contributed by atoms with Crippen LogP contribution in [0.25, 0.3) is 0 Å². The molecule has 0 aliphatic rings. The number of aliphatic carboxylic acids is 1. The van der Waals surface area contributed by atoms with E-state index in [9.17, 15) is 18.0 Å². The number of hydrogen-bond donors (Lipinski definition) is 3. The van der Waals surface area contributed by atoms with Crippen LogP contribution in [-0.2, 0) is 4.79 Å². The molecule has 4 N–H and O–H groups in total. The Morgan fingerprint density at radius 1 is 1.46 bits per heavy atom. The summed E-state index contributed by atoms with van der Waals surface area (Å²) in [6.07, 6.45) is -8.01. The van der Waals surface area contributed by atoms with Crippen LogP contribution in [0.4, 0.5) is 13.2 Å². The lowest BCUT2D eigenvalue weighted by Crippen LogP contribution is -2.42. The van der Waals surface area contributed by atoms with Gasteiger partial charge < -0.3 is 15.9 Å². The lowest BCUT2D eigenvalue weighted by Gasteiger charge is -2.15. The van der Waals surface area contributed by atoms with Crippen molar-refractivity contribution in [3.05, 3.63) is 0 Å². The van der Waals surface area contributed by atoms with Crippen molar-refractivity contribution in [1.82, 2.24) is 0 Å². The zero-order valence-electron chi connectivity index (χ0n) is 6.58. The molecule has 0 aromatic rings. The van der Waals surface area contributed by atoms with E-state index in [0.717, 1.165) is 0 Å². The van der Waals surface area contributed by atoms with Gasteiger partial charge >= 0.3 is 12.1 Å². The van der Waals surface area contributed by atoms with Crippen LogP contribution in [0.1, 0.15) is 12.8 Å². The predicted molar refractivity (Wildman–Crippen MR) is 36.9 cm³/mol. The van der Waals surface area contributed by atoms with Gasteiger partial charge in [-0.25, -0.2) is 0 Å². The second-order valence-electron chi connectivity index (χ2n) is 2.59. The van der Waals surface area contributed by atoms with Crippen LogP contribution >= 0.6 is 0 Å². The van der Waals surface area contributed by atoms with Crippen LogP contribution in [0, 0.1) is 0 Å². The minimum Gasteiger partial charge on any atom is -0.480 e. The van der Waals surface area contributed by atoms with E-state index in [4.69, 9.17) is 15.9 Å². The van der Waals surface area contributed by atoms with Crippen LogP contribution in [0.15, 0.2) is 0 Å². The average molecular weight is 201 g/mol. The topological polar surface area (TPSA) is 83.6 Å². The van der Waals surface area contributed by atoms with E-state index in [1.165, 1.54) is 0 Å². The Hall–Kier alpha value is -0.820. The lowest BCUT2D eigenvalue weighted by atomic mass is 10.1. The molecule has 0 bridgehead atoms. The van der Waals surface area contributed by atoms with Crippen LogP contribution in [0.2, 0.25) is 0 Å². The monoisotopic (exact) mass is 201 g/mol. The summed E-state index contributed by atoms with van der Waals surface area (Å²) in [4.78, 5) is 10.1. The normalized spacial score (nSPS) is 16.7. The van der Waals surface area contributed by atoms with Gasteiger partial charge in [0.2, 0.25) is 0 Å². The fourth-order valence-corrected chi connectivity index (χ4v) is 0.656. The molecule has 7 heteroatoms. The number of nitrogens with two attached hydrogens (primary N) is 1. The van der Waals surface area contributed by atoms with Gasteiger partial charge in [-0.3, -0.25) is 4.79 Å². The van der Waals surface area contributed by atoms with Gasteiger partial charge in [0.1, 0.15) is 6.04 Å². The maximum Gasteiger partial charge on any atom is 0.389 e. The zero-order chi connectivity index (χ0) is 10.6. The second kappa shape index (κ2) is 4.43. The number of aliphatic hydroxyl groups is 1. The van der Waals surface area contributed by atoms with Crippen molar-refractivity contribution in [3.8, 4) is 0 Å². The van der Waals surface area contributed by atoms with Crippen molar-refractivity contribution in [3.63, 3.8) is 0 Å². The largest absolute Gasteiger partial charge is 0.480 e. The maximum absolute atomic E-state index is 11.6. The summed E-state index contributed by atoms with van der Waals surface area (Å²) in [5.41, 5.74) is 4.87. The number of halogens is 3. The van der Waals surface area contributed by atoms with E-state index >= 15 is 0 Å². The van der Waals surface area contributed by atoms with Crippen molar-refractivity contribution in [1.29, 1.82) is 0 Å². The fourth-order valence-electron chi connectivity index (χ4n) is 0.656.